The summed E-state index contributed by atoms with van der Waals surface area (Å²) in [4.78, 5) is 4.33. The third-order valence-electron chi connectivity index (χ3n) is 3.11. The summed E-state index contributed by atoms with van der Waals surface area (Å²) in [7, 11) is 1.67. The molecule has 4 nitrogen and oxygen atoms in total. The standard InChI is InChI=1S/C17H21N3O/c1-21-16-11-9-14(10-12-16)6-5-13-19-17(18)20-15-7-3-2-4-8-15/h2-4,7-12H,5-6,13H2,1H3,(H3,18,19,20). The molecule has 0 saturated carbocycles. The van der Waals surface area contributed by atoms with Crippen molar-refractivity contribution in [1.29, 1.82) is 0 Å². The Balaban J connectivity index is 1.74. The van der Waals surface area contributed by atoms with Crippen molar-refractivity contribution in [2.24, 2.45) is 10.7 Å². The van der Waals surface area contributed by atoms with Gasteiger partial charge in [-0.1, -0.05) is 30.3 Å². The van der Waals surface area contributed by atoms with E-state index in [0.29, 0.717) is 12.5 Å². The molecule has 21 heavy (non-hydrogen) atoms. The molecule has 0 unspecified atom stereocenters. The number of nitrogens with zero attached hydrogens (tertiary/aromatic N) is 1. The number of nitrogens with one attached hydrogen (secondary N) is 1. The number of methoxy groups -OCH3 is 1. The third kappa shape index (κ3) is 5.18. The number of ether oxygens (including phenoxy) is 1. The monoisotopic (exact) mass is 283 g/mol. The molecular weight excluding hydrogens is 262 g/mol. The molecule has 2 rings (SSSR count). The van der Waals surface area contributed by atoms with Gasteiger partial charge in [0.25, 0.3) is 0 Å². The lowest BCUT2D eigenvalue weighted by Crippen LogP contribution is -2.22. The van der Waals surface area contributed by atoms with Gasteiger partial charge in [0.15, 0.2) is 5.96 Å². The molecule has 0 fully saturated rings. The topological polar surface area (TPSA) is 59.6 Å². The van der Waals surface area contributed by atoms with E-state index in [4.69, 9.17) is 10.5 Å². The van der Waals surface area contributed by atoms with Crippen molar-refractivity contribution in [1.82, 2.24) is 0 Å². The van der Waals surface area contributed by atoms with Crippen LogP contribution in [-0.2, 0) is 6.42 Å². The van der Waals surface area contributed by atoms with Crippen molar-refractivity contribution >= 4 is 11.6 Å². The normalized spacial score (nSPS) is 11.2. The lowest BCUT2D eigenvalue weighted by Gasteiger charge is -2.05. The highest BCUT2D eigenvalue weighted by Crippen LogP contribution is 2.12. The maximum atomic E-state index is 5.85. The Labute approximate surface area is 125 Å². The van der Waals surface area contributed by atoms with E-state index in [0.717, 1.165) is 24.3 Å². The number of hydrogen-bond acceptors (Lipinski definition) is 2. The fraction of sp³-hybridized carbons (Fsp3) is 0.235. The number of para-hydroxylation sites is 1. The van der Waals surface area contributed by atoms with Crippen LogP contribution in [-0.4, -0.2) is 19.6 Å². The molecule has 0 aliphatic carbocycles. The second-order valence-corrected chi connectivity index (χ2v) is 4.71. The molecule has 0 radical (unpaired) electrons. The van der Waals surface area contributed by atoms with Crippen LogP contribution in [0.5, 0.6) is 5.75 Å². The van der Waals surface area contributed by atoms with Crippen molar-refractivity contribution in [3.05, 3.63) is 60.2 Å². The number of guanidine groups is 1. The maximum Gasteiger partial charge on any atom is 0.193 e. The number of aryl methyl sites for hydroxylation is 1. The fourth-order valence-electron chi connectivity index (χ4n) is 1.98. The molecule has 110 valence electrons. The molecule has 0 spiro atoms. The largest absolute Gasteiger partial charge is 0.497 e. The molecule has 0 saturated heterocycles. The van der Waals surface area contributed by atoms with E-state index in [9.17, 15) is 0 Å². The van der Waals surface area contributed by atoms with Crippen molar-refractivity contribution in [3.63, 3.8) is 0 Å². The minimum atomic E-state index is 0.455. The first-order valence-electron chi connectivity index (χ1n) is 7.03. The molecule has 0 aliphatic rings. The predicted octanol–water partition coefficient (Wildman–Crippen LogP) is 3.05. The smallest absolute Gasteiger partial charge is 0.193 e. The highest BCUT2D eigenvalue weighted by Gasteiger charge is 1.96. The number of rotatable bonds is 6. The van der Waals surface area contributed by atoms with Crippen LogP contribution in [0.2, 0.25) is 0 Å². The van der Waals surface area contributed by atoms with Crippen LogP contribution in [0.4, 0.5) is 5.69 Å². The Morgan fingerprint density at radius 2 is 1.81 bits per heavy atom. The van der Waals surface area contributed by atoms with Gasteiger partial charge in [-0.3, -0.25) is 4.99 Å². The van der Waals surface area contributed by atoms with Crippen molar-refractivity contribution in [2.75, 3.05) is 19.0 Å². The average Bonchev–Trinajstić information content (AvgIpc) is 2.53. The van der Waals surface area contributed by atoms with Crippen molar-refractivity contribution in [2.45, 2.75) is 12.8 Å². The molecule has 3 N–H and O–H groups in total. The summed E-state index contributed by atoms with van der Waals surface area (Å²) < 4.78 is 5.14. The van der Waals surface area contributed by atoms with E-state index in [1.54, 1.807) is 7.11 Å². The molecule has 4 heteroatoms. The Morgan fingerprint density at radius 3 is 2.48 bits per heavy atom. The minimum Gasteiger partial charge on any atom is -0.497 e. The van der Waals surface area contributed by atoms with Crippen molar-refractivity contribution < 1.29 is 4.74 Å². The zero-order valence-corrected chi connectivity index (χ0v) is 12.3. The quantitative estimate of drug-likeness (QED) is 0.486. The van der Waals surface area contributed by atoms with Gasteiger partial charge in [0.1, 0.15) is 5.75 Å². The SMILES string of the molecule is COc1ccc(CCCN=C(N)Nc2ccccc2)cc1. The van der Waals surface area contributed by atoms with Crippen LogP contribution < -0.4 is 15.8 Å². The fourth-order valence-corrected chi connectivity index (χ4v) is 1.98. The van der Waals surface area contributed by atoms with E-state index >= 15 is 0 Å². The van der Waals surface area contributed by atoms with Gasteiger partial charge in [-0.2, -0.15) is 0 Å². The van der Waals surface area contributed by atoms with Crippen LogP contribution in [0.15, 0.2) is 59.6 Å². The summed E-state index contributed by atoms with van der Waals surface area (Å²) >= 11 is 0. The van der Waals surface area contributed by atoms with Gasteiger partial charge >= 0.3 is 0 Å². The molecule has 0 aliphatic heterocycles. The van der Waals surface area contributed by atoms with E-state index in [1.165, 1.54) is 5.56 Å². The van der Waals surface area contributed by atoms with Crippen molar-refractivity contribution in [3.8, 4) is 5.75 Å². The minimum absolute atomic E-state index is 0.455. The van der Waals surface area contributed by atoms with Gasteiger partial charge in [-0.15, -0.1) is 0 Å². The highest BCUT2D eigenvalue weighted by molar-refractivity contribution is 5.92. The second kappa shape index (κ2) is 7.94. The van der Waals surface area contributed by atoms with Gasteiger partial charge in [0.05, 0.1) is 7.11 Å². The number of anilines is 1. The third-order valence-corrected chi connectivity index (χ3v) is 3.11. The molecule has 0 amide bonds. The van der Waals surface area contributed by atoms with E-state index in [2.05, 4.69) is 22.4 Å². The van der Waals surface area contributed by atoms with E-state index < -0.39 is 0 Å². The lowest BCUT2D eigenvalue weighted by molar-refractivity contribution is 0.414. The van der Waals surface area contributed by atoms with Gasteiger partial charge in [0, 0.05) is 12.2 Å². The summed E-state index contributed by atoms with van der Waals surface area (Å²) in [5.74, 6) is 1.34. The summed E-state index contributed by atoms with van der Waals surface area (Å²) in [6, 6.07) is 17.9. The summed E-state index contributed by atoms with van der Waals surface area (Å²) in [6.07, 6.45) is 1.94. The van der Waals surface area contributed by atoms with E-state index in [-0.39, 0.29) is 0 Å². The molecule has 2 aromatic carbocycles. The highest BCUT2D eigenvalue weighted by atomic mass is 16.5. The number of benzene rings is 2. The van der Waals surface area contributed by atoms with E-state index in [1.807, 2.05) is 42.5 Å². The summed E-state index contributed by atoms with van der Waals surface area (Å²) in [6.45, 7) is 0.706. The summed E-state index contributed by atoms with van der Waals surface area (Å²) in [5.41, 5.74) is 8.08. The number of hydrogen-bond donors (Lipinski definition) is 2. The van der Waals surface area contributed by atoms with Crippen LogP contribution in [0.25, 0.3) is 0 Å². The lowest BCUT2D eigenvalue weighted by atomic mass is 10.1. The van der Waals surface area contributed by atoms with Crippen LogP contribution in [0.1, 0.15) is 12.0 Å². The van der Waals surface area contributed by atoms with Crippen LogP contribution in [0, 0.1) is 0 Å². The Morgan fingerprint density at radius 1 is 1.10 bits per heavy atom. The maximum absolute atomic E-state index is 5.85. The molecule has 0 bridgehead atoms. The molecule has 2 aromatic rings. The molecule has 0 aromatic heterocycles. The first-order chi connectivity index (χ1) is 10.3. The zero-order chi connectivity index (χ0) is 14.9. The zero-order valence-electron chi connectivity index (χ0n) is 12.3. The Bertz CT molecular complexity index is 564. The number of nitrogens with two attached hydrogens (primary N) is 1. The Hall–Kier alpha value is -2.49. The van der Waals surface area contributed by atoms with Gasteiger partial charge < -0.3 is 15.8 Å². The number of aliphatic imine (C=N–C) groups is 1. The van der Waals surface area contributed by atoms with Crippen LogP contribution in [0.3, 0.4) is 0 Å². The second-order valence-electron chi connectivity index (χ2n) is 4.71. The summed E-state index contributed by atoms with van der Waals surface area (Å²) in [5, 5.41) is 3.07. The molecule has 0 atom stereocenters. The van der Waals surface area contributed by atoms with Gasteiger partial charge in [-0.05, 0) is 42.7 Å². The van der Waals surface area contributed by atoms with Gasteiger partial charge in [0.2, 0.25) is 0 Å². The Kier molecular flexibility index (Phi) is 5.64. The van der Waals surface area contributed by atoms with Crippen LogP contribution >= 0.6 is 0 Å². The predicted molar refractivity (Wildman–Crippen MR) is 87.9 cm³/mol. The first kappa shape index (κ1) is 14.9. The molecule has 0 heterocycles. The first-order valence-corrected chi connectivity index (χ1v) is 7.03. The molecular formula is C17H21N3O. The van der Waals surface area contributed by atoms with Gasteiger partial charge in [-0.25, -0.2) is 0 Å². The average molecular weight is 283 g/mol.